The lowest BCUT2D eigenvalue weighted by atomic mass is 10.1. The molecule has 1 N–H and O–H groups in total. The molecule has 0 amide bonds. The second-order valence-electron chi connectivity index (χ2n) is 4.16. The monoisotopic (exact) mass is 356 g/mol. The molecule has 2 nitrogen and oxygen atoms in total. The molecule has 17 heavy (non-hydrogen) atoms. The number of hydrogen-bond acceptors (Lipinski definition) is 1. The first kappa shape index (κ1) is 11.3. The topological polar surface area (TPSA) is 28.7 Å². The van der Waals surface area contributed by atoms with Gasteiger partial charge in [-0.15, -0.1) is 0 Å². The van der Waals surface area contributed by atoms with Crippen LogP contribution < -0.4 is 0 Å². The van der Waals surface area contributed by atoms with Gasteiger partial charge in [0.25, 0.3) is 0 Å². The fourth-order valence-corrected chi connectivity index (χ4v) is 3.34. The van der Waals surface area contributed by atoms with Gasteiger partial charge in [-0.3, -0.25) is 4.98 Å². The molecule has 0 bridgehead atoms. The highest BCUT2D eigenvalue weighted by molar-refractivity contribution is 14.1. The number of H-pyrrole nitrogens is 1. The number of nitrogens with zero attached hydrogens (tertiary/aromatic N) is 1. The number of nitrogens with one attached hydrogen (secondary N) is 1. The van der Waals surface area contributed by atoms with Gasteiger partial charge in [-0.1, -0.05) is 11.6 Å². The van der Waals surface area contributed by atoms with Gasteiger partial charge in [-0.05, 0) is 54.1 Å². The summed E-state index contributed by atoms with van der Waals surface area (Å²) in [6.07, 6.45) is 1.85. The standard InChI is InChI=1S/C13H10ClIN2/c1-6-9(14)5-10(15)13-11(6)8-3-4-16-7(2)12(8)17-13/h3-5,17H,1-2H3. The summed E-state index contributed by atoms with van der Waals surface area (Å²) in [7, 11) is 0. The lowest BCUT2D eigenvalue weighted by Gasteiger charge is -2.02. The Kier molecular flexibility index (Phi) is 2.56. The predicted octanol–water partition coefficient (Wildman–Crippen LogP) is 4.59. The highest BCUT2D eigenvalue weighted by Gasteiger charge is 2.13. The minimum Gasteiger partial charge on any atom is -0.352 e. The van der Waals surface area contributed by atoms with Crippen LogP contribution in [0, 0.1) is 17.4 Å². The van der Waals surface area contributed by atoms with E-state index in [1.54, 1.807) is 0 Å². The third-order valence-electron chi connectivity index (χ3n) is 3.14. The molecule has 0 radical (unpaired) electrons. The molecule has 1 aromatic carbocycles. The van der Waals surface area contributed by atoms with Crippen LogP contribution in [0.4, 0.5) is 0 Å². The van der Waals surface area contributed by atoms with Crippen LogP contribution in [0.2, 0.25) is 5.02 Å². The molecule has 0 aliphatic heterocycles. The van der Waals surface area contributed by atoms with Gasteiger partial charge in [0.15, 0.2) is 0 Å². The summed E-state index contributed by atoms with van der Waals surface area (Å²) in [6, 6.07) is 4.04. The average molecular weight is 357 g/mol. The fourth-order valence-electron chi connectivity index (χ4n) is 2.23. The molecule has 3 rings (SSSR count). The maximum absolute atomic E-state index is 6.26. The lowest BCUT2D eigenvalue weighted by molar-refractivity contribution is 1.22. The summed E-state index contributed by atoms with van der Waals surface area (Å²) in [5.41, 5.74) is 4.40. The summed E-state index contributed by atoms with van der Waals surface area (Å²) >= 11 is 8.57. The first-order valence-corrected chi connectivity index (χ1v) is 6.77. The van der Waals surface area contributed by atoms with Crippen molar-refractivity contribution in [3.63, 3.8) is 0 Å². The van der Waals surface area contributed by atoms with Gasteiger partial charge in [0, 0.05) is 25.6 Å². The fraction of sp³-hybridized carbons (Fsp3) is 0.154. The molecule has 0 fully saturated rings. The van der Waals surface area contributed by atoms with Crippen molar-refractivity contribution in [2.75, 3.05) is 0 Å². The minimum absolute atomic E-state index is 0.817. The Morgan fingerprint density at radius 1 is 1.29 bits per heavy atom. The second-order valence-corrected chi connectivity index (χ2v) is 5.73. The van der Waals surface area contributed by atoms with E-state index in [0.29, 0.717) is 0 Å². The zero-order valence-corrected chi connectivity index (χ0v) is 12.3. The number of aryl methyl sites for hydroxylation is 2. The summed E-state index contributed by atoms with van der Waals surface area (Å²) < 4.78 is 1.14. The van der Waals surface area contributed by atoms with Crippen LogP contribution in [0.1, 0.15) is 11.3 Å². The molecule has 3 aromatic rings. The minimum atomic E-state index is 0.817. The number of fused-ring (bicyclic) bond motifs is 3. The quantitative estimate of drug-likeness (QED) is 0.586. The predicted molar refractivity (Wildman–Crippen MR) is 80.8 cm³/mol. The number of aromatic nitrogens is 2. The van der Waals surface area contributed by atoms with Crippen LogP contribution in [-0.4, -0.2) is 9.97 Å². The van der Waals surface area contributed by atoms with E-state index in [0.717, 1.165) is 30.9 Å². The van der Waals surface area contributed by atoms with E-state index in [9.17, 15) is 0 Å². The lowest BCUT2D eigenvalue weighted by Crippen LogP contribution is -1.82. The van der Waals surface area contributed by atoms with E-state index in [1.807, 2.05) is 25.3 Å². The van der Waals surface area contributed by atoms with Crippen LogP contribution in [0.3, 0.4) is 0 Å². The van der Waals surface area contributed by atoms with Gasteiger partial charge < -0.3 is 4.98 Å². The van der Waals surface area contributed by atoms with Gasteiger partial charge >= 0.3 is 0 Å². The number of halogens is 2. The van der Waals surface area contributed by atoms with Crippen molar-refractivity contribution >= 4 is 56.0 Å². The first-order valence-electron chi connectivity index (χ1n) is 5.31. The maximum Gasteiger partial charge on any atom is 0.0681 e. The van der Waals surface area contributed by atoms with Crippen molar-refractivity contribution in [3.8, 4) is 0 Å². The highest BCUT2D eigenvalue weighted by Crippen LogP contribution is 2.35. The molecular weight excluding hydrogens is 347 g/mol. The normalized spacial score (nSPS) is 11.5. The Balaban J connectivity index is 2.66. The van der Waals surface area contributed by atoms with E-state index >= 15 is 0 Å². The molecule has 0 aliphatic carbocycles. The van der Waals surface area contributed by atoms with E-state index in [1.165, 1.54) is 10.8 Å². The van der Waals surface area contributed by atoms with Crippen molar-refractivity contribution in [1.29, 1.82) is 0 Å². The zero-order valence-electron chi connectivity index (χ0n) is 9.44. The molecule has 2 heterocycles. The Labute approximate surface area is 118 Å². The third kappa shape index (κ3) is 1.56. The largest absolute Gasteiger partial charge is 0.352 e. The van der Waals surface area contributed by atoms with Crippen molar-refractivity contribution < 1.29 is 0 Å². The second kappa shape index (κ2) is 3.85. The van der Waals surface area contributed by atoms with Crippen LogP contribution in [0.25, 0.3) is 21.8 Å². The molecule has 2 aromatic heterocycles. The first-order chi connectivity index (χ1) is 8.09. The Hall–Kier alpha value is -0.810. The highest BCUT2D eigenvalue weighted by atomic mass is 127. The van der Waals surface area contributed by atoms with Crippen molar-refractivity contribution in [2.45, 2.75) is 13.8 Å². The molecule has 0 atom stereocenters. The Morgan fingerprint density at radius 2 is 2.06 bits per heavy atom. The Bertz CT molecular complexity index is 746. The molecule has 0 saturated carbocycles. The molecular formula is C13H10ClIN2. The van der Waals surface area contributed by atoms with Gasteiger partial charge in [0.05, 0.1) is 16.7 Å². The van der Waals surface area contributed by atoms with E-state index < -0.39 is 0 Å². The third-order valence-corrected chi connectivity index (χ3v) is 4.38. The van der Waals surface area contributed by atoms with Gasteiger partial charge in [0.2, 0.25) is 0 Å². The number of pyridine rings is 1. The zero-order chi connectivity index (χ0) is 12.2. The average Bonchev–Trinajstić information content (AvgIpc) is 2.68. The van der Waals surface area contributed by atoms with Crippen molar-refractivity contribution in [1.82, 2.24) is 9.97 Å². The smallest absolute Gasteiger partial charge is 0.0681 e. The van der Waals surface area contributed by atoms with Gasteiger partial charge in [-0.2, -0.15) is 0 Å². The maximum atomic E-state index is 6.26. The Morgan fingerprint density at radius 3 is 2.82 bits per heavy atom. The van der Waals surface area contributed by atoms with Crippen LogP contribution in [0.5, 0.6) is 0 Å². The molecule has 0 saturated heterocycles. The van der Waals surface area contributed by atoms with Crippen molar-refractivity contribution in [3.05, 3.63) is 38.2 Å². The molecule has 4 heteroatoms. The number of rotatable bonds is 0. The van der Waals surface area contributed by atoms with E-state index in [4.69, 9.17) is 11.6 Å². The van der Waals surface area contributed by atoms with Crippen molar-refractivity contribution in [2.24, 2.45) is 0 Å². The summed E-state index contributed by atoms with van der Waals surface area (Å²) in [5, 5.41) is 3.23. The number of hydrogen-bond donors (Lipinski definition) is 1. The number of aromatic amines is 1. The summed E-state index contributed by atoms with van der Waals surface area (Å²) in [5.74, 6) is 0. The van der Waals surface area contributed by atoms with Crippen LogP contribution in [0.15, 0.2) is 18.3 Å². The van der Waals surface area contributed by atoms with E-state index in [2.05, 4.69) is 39.5 Å². The summed E-state index contributed by atoms with van der Waals surface area (Å²) in [6.45, 7) is 4.07. The SMILES string of the molecule is Cc1nccc2c1[nH]c1c(I)cc(Cl)c(C)c12. The van der Waals surface area contributed by atoms with Gasteiger partial charge in [-0.25, -0.2) is 0 Å². The van der Waals surface area contributed by atoms with Crippen LogP contribution in [-0.2, 0) is 0 Å². The van der Waals surface area contributed by atoms with E-state index in [-0.39, 0.29) is 0 Å². The molecule has 0 unspecified atom stereocenters. The molecule has 0 spiro atoms. The van der Waals surface area contributed by atoms with Crippen LogP contribution >= 0.6 is 34.2 Å². The van der Waals surface area contributed by atoms with Gasteiger partial charge in [0.1, 0.15) is 0 Å². The molecule has 86 valence electrons. The molecule has 0 aliphatic rings. The number of benzene rings is 1. The summed E-state index contributed by atoms with van der Waals surface area (Å²) in [4.78, 5) is 7.77.